The predicted octanol–water partition coefficient (Wildman–Crippen LogP) is 3.24. The molecule has 29 heavy (non-hydrogen) atoms. The lowest BCUT2D eigenvalue weighted by molar-refractivity contribution is -0.117. The molecule has 0 bridgehead atoms. The van der Waals surface area contributed by atoms with Crippen LogP contribution in [-0.4, -0.2) is 66.3 Å². The highest BCUT2D eigenvalue weighted by atomic mass is 32.2. The minimum absolute atomic E-state index is 0.0233. The number of piperidine rings is 1. The molecule has 1 N–H and O–H groups in total. The topological polar surface area (TPSA) is 65.0 Å². The van der Waals surface area contributed by atoms with E-state index in [4.69, 9.17) is 0 Å². The maximum atomic E-state index is 12.0. The predicted molar refractivity (Wildman–Crippen MR) is 122 cm³/mol. The zero-order valence-electron chi connectivity index (χ0n) is 17.5. The summed E-state index contributed by atoms with van der Waals surface area (Å²) >= 11 is 1.54. The summed E-state index contributed by atoms with van der Waals surface area (Å²) in [7, 11) is 3.52. The standard InChI is InChI=1S/C22H30N4O2S/c1-5-23-22(24-17(2)27)29-15-14-26-12-10-19(11-13-26)16-18-6-8-20(9-7-18)21(28)25(3)4/h5-9,16H,1,10-15H2,2-4H3,(H,23,24,27). The summed E-state index contributed by atoms with van der Waals surface area (Å²) < 4.78 is 0. The molecule has 0 unspecified atom stereocenters. The molecule has 0 aliphatic carbocycles. The number of nitrogens with zero attached hydrogens (tertiary/aromatic N) is 3. The van der Waals surface area contributed by atoms with Gasteiger partial charge in [-0.25, -0.2) is 4.99 Å². The molecule has 1 heterocycles. The van der Waals surface area contributed by atoms with Gasteiger partial charge in [0.2, 0.25) is 5.91 Å². The molecule has 0 saturated carbocycles. The molecule has 0 spiro atoms. The van der Waals surface area contributed by atoms with Gasteiger partial charge in [-0.15, -0.1) is 0 Å². The van der Waals surface area contributed by atoms with E-state index < -0.39 is 0 Å². The van der Waals surface area contributed by atoms with Crippen molar-refractivity contribution in [3.8, 4) is 0 Å². The van der Waals surface area contributed by atoms with Gasteiger partial charge in [0.05, 0.1) is 0 Å². The summed E-state index contributed by atoms with van der Waals surface area (Å²) in [5.74, 6) is 0.771. The molecule has 2 rings (SSSR count). The van der Waals surface area contributed by atoms with Crippen LogP contribution in [0, 0.1) is 0 Å². The third-order valence-electron chi connectivity index (χ3n) is 4.57. The van der Waals surface area contributed by atoms with Crippen molar-refractivity contribution < 1.29 is 9.59 Å². The van der Waals surface area contributed by atoms with Crippen molar-refractivity contribution in [3.63, 3.8) is 0 Å². The van der Waals surface area contributed by atoms with Crippen molar-refractivity contribution in [3.05, 3.63) is 53.7 Å². The van der Waals surface area contributed by atoms with Crippen LogP contribution >= 0.6 is 11.8 Å². The van der Waals surface area contributed by atoms with Crippen molar-refractivity contribution in [1.82, 2.24) is 15.1 Å². The van der Waals surface area contributed by atoms with Gasteiger partial charge in [-0.05, 0) is 30.5 Å². The van der Waals surface area contributed by atoms with E-state index >= 15 is 0 Å². The van der Waals surface area contributed by atoms with E-state index in [9.17, 15) is 9.59 Å². The quantitative estimate of drug-likeness (QED) is 0.573. The average molecular weight is 415 g/mol. The number of carbonyl (C=O) groups is 2. The summed E-state index contributed by atoms with van der Waals surface area (Å²) in [4.78, 5) is 31.3. The van der Waals surface area contributed by atoms with Crippen LogP contribution in [0.3, 0.4) is 0 Å². The smallest absolute Gasteiger partial charge is 0.253 e. The molecular formula is C22H30N4O2S. The number of likely N-dealkylation sites (tertiary alicyclic amines) is 1. The molecule has 1 fully saturated rings. The average Bonchev–Trinajstić information content (AvgIpc) is 2.69. The molecule has 1 aliphatic heterocycles. The Bertz CT molecular complexity index is 775. The Labute approximate surface area is 177 Å². The molecule has 1 aliphatic rings. The van der Waals surface area contributed by atoms with Crippen molar-refractivity contribution in [2.75, 3.05) is 39.5 Å². The van der Waals surface area contributed by atoms with Crippen LogP contribution in [0.1, 0.15) is 35.7 Å². The second-order valence-corrected chi connectivity index (χ2v) is 8.20. The minimum Gasteiger partial charge on any atom is -0.345 e. The van der Waals surface area contributed by atoms with Crippen molar-refractivity contribution in [2.45, 2.75) is 19.8 Å². The van der Waals surface area contributed by atoms with Gasteiger partial charge in [-0.2, -0.15) is 0 Å². The highest BCUT2D eigenvalue weighted by molar-refractivity contribution is 8.13. The first-order valence-corrected chi connectivity index (χ1v) is 10.7. The first kappa shape index (κ1) is 22.9. The number of hydrogen-bond donors (Lipinski definition) is 1. The number of aliphatic imine (C=N–C) groups is 1. The number of amides is 2. The molecule has 1 saturated heterocycles. The monoisotopic (exact) mass is 414 g/mol. The molecule has 1 aromatic rings. The fourth-order valence-corrected chi connectivity index (χ4v) is 3.94. The number of rotatable bonds is 6. The van der Waals surface area contributed by atoms with Crippen LogP contribution < -0.4 is 5.32 Å². The lowest BCUT2D eigenvalue weighted by Crippen LogP contribution is -2.33. The van der Waals surface area contributed by atoms with Gasteiger partial charge in [-0.3, -0.25) is 9.59 Å². The lowest BCUT2D eigenvalue weighted by atomic mass is 10.0. The molecule has 6 nitrogen and oxygen atoms in total. The van der Waals surface area contributed by atoms with Gasteiger partial charge in [0.25, 0.3) is 5.91 Å². The second kappa shape index (κ2) is 11.6. The molecule has 1 aromatic carbocycles. The number of benzene rings is 1. The number of amidine groups is 1. The van der Waals surface area contributed by atoms with Gasteiger partial charge in [0.15, 0.2) is 5.17 Å². The van der Waals surface area contributed by atoms with Gasteiger partial charge in [-0.1, -0.05) is 42.1 Å². The van der Waals surface area contributed by atoms with Crippen LogP contribution in [0.2, 0.25) is 0 Å². The van der Waals surface area contributed by atoms with E-state index in [0.29, 0.717) is 10.7 Å². The lowest BCUT2D eigenvalue weighted by Gasteiger charge is -2.28. The third-order valence-corrected chi connectivity index (χ3v) is 5.44. The Morgan fingerprint density at radius 2 is 1.90 bits per heavy atom. The molecule has 2 amide bonds. The van der Waals surface area contributed by atoms with Crippen molar-refractivity contribution >= 4 is 34.8 Å². The van der Waals surface area contributed by atoms with Gasteiger partial charge < -0.3 is 15.1 Å². The Morgan fingerprint density at radius 1 is 1.24 bits per heavy atom. The zero-order valence-corrected chi connectivity index (χ0v) is 18.3. The van der Waals surface area contributed by atoms with E-state index in [1.807, 2.05) is 24.3 Å². The van der Waals surface area contributed by atoms with Crippen LogP contribution in [0.15, 0.2) is 47.6 Å². The Hall–Kier alpha value is -2.38. The van der Waals surface area contributed by atoms with Crippen LogP contribution in [0.25, 0.3) is 6.08 Å². The molecule has 7 heteroatoms. The minimum atomic E-state index is -0.120. The highest BCUT2D eigenvalue weighted by Gasteiger charge is 2.14. The van der Waals surface area contributed by atoms with E-state index in [2.05, 4.69) is 27.9 Å². The fourth-order valence-electron chi connectivity index (χ4n) is 3.03. The molecule has 0 radical (unpaired) electrons. The van der Waals surface area contributed by atoms with E-state index in [1.165, 1.54) is 30.5 Å². The SMILES string of the molecule is C=C/N=C(/NC(C)=O)SCCN1CCC(=Cc2ccc(C(=O)N(C)C)cc2)CC1. The summed E-state index contributed by atoms with van der Waals surface area (Å²) in [5, 5.41) is 3.32. The zero-order chi connectivity index (χ0) is 21.2. The van der Waals surface area contributed by atoms with Crippen LogP contribution in [0.5, 0.6) is 0 Å². The Kier molecular flexibility index (Phi) is 9.15. The highest BCUT2D eigenvalue weighted by Crippen LogP contribution is 2.20. The van der Waals surface area contributed by atoms with Gasteiger partial charge in [0, 0.05) is 58.2 Å². The number of nitrogens with one attached hydrogen (secondary N) is 1. The number of hydrogen-bond acceptors (Lipinski definition) is 5. The molecular weight excluding hydrogens is 384 g/mol. The van der Waals surface area contributed by atoms with Crippen LogP contribution in [0.4, 0.5) is 0 Å². The van der Waals surface area contributed by atoms with E-state index in [1.54, 1.807) is 19.0 Å². The Morgan fingerprint density at radius 3 is 2.45 bits per heavy atom. The normalized spacial score (nSPS) is 15.0. The third kappa shape index (κ3) is 7.87. The molecule has 156 valence electrons. The summed E-state index contributed by atoms with van der Waals surface area (Å²) in [5.41, 5.74) is 3.29. The Balaban J connectivity index is 1.79. The fraction of sp³-hybridized carbons (Fsp3) is 0.409. The first-order chi connectivity index (χ1) is 13.9. The molecule has 0 aromatic heterocycles. The van der Waals surface area contributed by atoms with Gasteiger partial charge >= 0.3 is 0 Å². The van der Waals surface area contributed by atoms with E-state index in [0.717, 1.165) is 43.8 Å². The largest absolute Gasteiger partial charge is 0.345 e. The van der Waals surface area contributed by atoms with Crippen LogP contribution in [-0.2, 0) is 4.79 Å². The number of carbonyl (C=O) groups excluding carboxylic acids is 2. The maximum absolute atomic E-state index is 12.0. The summed E-state index contributed by atoms with van der Waals surface area (Å²) in [6.45, 7) is 8.06. The molecule has 0 atom stereocenters. The van der Waals surface area contributed by atoms with E-state index in [-0.39, 0.29) is 11.8 Å². The number of thioether (sulfide) groups is 1. The summed E-state index contributed by atoms with van der Waals surface area (Å²) in [6.07, 6.45) is 5.77. The maximum Gasteiger partial charge on any atom is 0.253 e. The summed E-state index contributed by atoms with van der Waals surface area (Å²) in [6, 6.07) is 7.79. The van der Waals surface area contributed by atoms with Crippen molar-refractivity contribution in [1.29, 1.82) is 0 Å². The van der Waals surface area contributed by atoms with Crippen molar-refractivity contribution in [2.24, 2.45) is 4.99 Å². The first-order valence-electron chi connectivity index (χ1n) is 9.71. The van der Waals surface area contributed by atoms with Gasteiger partial charge in [0.1, 0.15) is 0 Å². The second-order valence-electron chi connectivity index (χ2n) is 7.11.